The second kappa shape index (κ2) is 8.74. The molecule has 2 heterocycles. The van der Waals surface area contributed by atoms with Crippen molar-refractivity contribution >= 4 is 34.9 Å². The Bertz CT molecular complexity index is 879. The molecule has 2 fully saturated rings. The average molecular weight is 413 g/mol. The van der Waals surface area contributed by atoms with Crippen LogP contribution >= 0.6 is 11.6 Å². The van der Waals surface area contributed by atoms with Crippen molar-refractivity contribution in [2.24, 2.45) is 0 Å². The number of nitrogens with zero attached hydrogens (tertiary/aromatic N) is 3. The molecule has 0 radical (unpaired) electrons. The van der Waals surface area contributed by atoms with Crippen LogP contribution in [0.15, 0.2) is 48.5 Å². The molecule has 0 aliphatic carbocycles. The van der Waals surface area contributed by atoms with Crippen molar-refractivity contribution in [3.05, 3.63) is 59.1 Å². The molecule has 1 N–H and O–H groups in total. The van der Waals surface area contributed by atoms with Crippen LogP contribution in [0.1, 0.15) is 18.4 Å². The molecule has 152 valence electrons. The van der Waals surface area contributed by atoms with E-state index in [0.29, 0.717) is 26.1 Å². The molecule has 2 aromatic carbocycles. The van der Waals surface area contributed by atoms with Gasteiger partial charge in [-0.25, -0.2) is 4.79 Å². The predicted octanol–water partition coefficient (Wildman–Crippen LogP) is 3.82. The maximum atomic E-state index is 12.6. The van der Waals surface area contributed by atoms with Crippen molar-refractivity contribution in [2.75, 3.05) is 42.9 Å². The van der Waals surface area contributed by atoms with Crippen LogP contribution < -0.4 is 10.2 Å². The van der Waals surface area contributed by atoms with Gasteiger partial charge < -0.3 is 20.0 Å². The van der Waals surface area contributed by atoms with Gasteiger partial charge in [0.2, 0.25) is 5.91 Å². The number of hydrogen-bond acceptors (Lipinski definition) is 3. The standard InChI is InChI=1S/C22H25ClN4O2/c23-18-3-1-4-20(15-18)25-11-13-26(14-12-25)22(29)24-19-8-6-17(7-9-19)16-27-10-2-5-21(27)28/h1,3-4,6-9,15H,2,5,10-14,16H2,(H,24,29). The van der Waals surface area contributed by atoms with Gasteiger partial charge in [-0.05, 0) is 42.3 Å². The Labute approximate surface area is 176 Å². The fourth-order valence-corrected chi connectivity index (χ4v) is 4.01. The molecule has 0 aromatic heterocycles. The van der Waals surface area contributed by atoms with Gasteiger partial charge >= 0.3 is 6.03 Å². The number of amides is 3. The molecule has 2 aliphatic heterocycles. The Balaban J connectivity index is 1.28. The maximum Gasteiger partial charge on any atom is 0.321 e. The van der Waals surface area contributed by atoms with Gasteiger partial charge in [0.25, 0.3) is 0 Å². The number of nitrogens with one attached hydrogen (secondary N) is 1. The molecular weight excluding hydrogens is 388 g/mol. The van der Waals surface area contributed by atoms with Crippen molar-refractivity contribution < 1.29 is 9.59 Å². The summed E-state index contributed by atoms with van der Waals surface area (Å²) >= 11 is 6.08. The van der Waals surface area contributed by atoms with Gasteiger partial charge in [0.15, 0.2) is 0 Å². The highest BCUT2D eigenvalue weighted by molar-refractivity contribution is 6.30. The number of rotatable bonds is 4. The monoisotopic (exact) mass is 412 g/mol. The Morgan fingerprint density at radius 2 is 1.76 bits per heavy atom. The van der Waals surface area contributed by atoms with Crippen molar-refractivity contribution in [1.29, 1.82) is 0 Å². The summed E-state index contributed by atoms with van der Waals surface area (Å²) in [5.41, 5.74) is 2.93. The van der Waals surface area contributed by atoms with Crippen molar-refractivity contribution in [3.8, 4) is 0 Å². The fourth-order valence-electron chi connectivity index (χ4n) is 3.83. The molecule has 29 heavy (non-hydrogen) atoms. The summed E-state index contributed by atoms with van der Waals surface area (Å²) in [6.07, 6.45) is 1.59. The molecule has 0 spiro atoms. The van der Waals surface area contributed by atoms with Gasteiger partial charge in [-0.1, -0.05) is 29.8 Å². The number of piperazine rings is 1. The van der Waals surface area contributed by atoms with E-state index >= 15 is 0 Å². The highest BCUT2D eigenvalue weighted by Crippen LogP contribution is 2.21. The summed E-state index contributed by atoms with van der Waals surface area (Å²) in [5, 5.41) is 3.69. The van der Waals surface area contributed by atoms with E-state index in [1.165, 1.54) is 0 Å². The van der Waals surface area contributed by atoms with E-state index in [-0.39, 0.29) is 11.9 Å². The molecule has 2 aromatic rings. The van der Waals surface area contributed by atoms with Crippen LogP contribution in [0.5, 0.6) is 0 Å². The first kappa shape index (κ1) is 19.6. The number of benzene rings is 2. The Kier molecular flexibility index (Phi) is 5.90. The third-order valence-electron chi connectivity index (χ3n) is 5.49. The first-order chi connectivity index (χ1) is 14.1. The van der Waals surface area contributed by atoms with Crippen molar-refractivity contribution in [2.45, 2.75) is 19.4 Å². The minimum absolute atomic E-state index is 0.0850. The third kappa shape index (κ3) is 4.82. The zero-order valence-electron chi connectivity index (χ0n) is 16.3. The Morgan fingerprint density at radius 3 is 2.41 bits per heavy atom. The highest BCUT2D eigenvalue weighted by atomic mass is 35.5. The van der Waals surface area contributed by atoms with Crippen LogP contribution in [0.4, 0.5) is 16.2 Å². The summed E-state index contributed by atoms with van der Waals surface area (Å²) in [6, 6.07) is 15.5. The number of carbonyl (C=O) groups is 2. The number of hydrogen-bond donors (Lipinski definition) is 1. The number of anilines is 2. The van der Waals surface area contributed by atoms with E-state index in [2.05, 4.69) is 10.2 Å². The van der Waals surface area contributed by atoms with E-state index in [0.717, 1.165) is 48.0 Å². The fraction of sp³-hybridized carbons (Fsp3) is 0.364. The molecule has 0 saturated carbocycles. The van der Waals surface area contributed by atoms with E-state index < -0.39 is 0 Å². The van der Waals surface area contributed by atoms with Crippen molar-refractivity contribution in [1.82, 2.24) is 9.80 Å². The number of urea groups is 1. The predicted molar refractivity (Wildman–Crippen MR) is 115 cm³/mol. The zero-order valence-corrected chi connectivity index (χ0v) is 17.1. The van der Waals surface area contributed by atoms with Crippen LogP contribution in [-0.4, -0.2) is 54.5 Å². The quantitative estimate of drug-likeness (QED) is 0.830. The molecule has 0 unspecified atom stereocenters. The lowest BCUT2D eigenvalue weighted by Crippen LogP contribution is -2.50. The van der Waals surface area contributed by atoms with Crippen molar-refractivity contribution in [3.63, 3.8) is 0 Å². The molecule has 0 bridgehead atoms. The minimum Gasteiger partial charge on any atom is -0.368 e. The summed E-state index contributed by atoms with van der Waals surface area (Å²) in [5.74, 6) is 0.222. The van der Waals surface area contributed by atoms with Crippen LogP contribution in [0, 0.1) is 0 Å². The molecule has 2 saturated heterocycles. The zero-order chi connectivity index (χ0) is 20.2. The SMILES string of the molecule is O=C1CCCN1Cc1ccc(NC(=O)N2CCN(c3cccc(Cl)c3)CC2)cc1. The maximum absolute atomic E-state index is 12.6. The van der Waals surface area contributed by atoms with Crippen LogP contribution in [0.3, 0.4) is 0 Å². The summed E-state index contributed by atoms with van der Waals surface area (Å²) in [7, 11) is 0. The molecule has 0 atom stereocenters. The number of carbonyl (C=O) groups excluding carboxylic acids is 2. The van der Waals surface area contributed by atoms with Crippen LogP contribution in [0.25, 0.3) is 0 Å². The average Bonchev–Trinajstić information content (AvgIpc) is 3.14. The van der Waals surface area contributed by atoms with Gasteiger partial charge in [0.05, 0.1) is 0 Å². The Hall–Kier alpha value is -2.73. The highest BCUT2D eigenvalue weighted by Gasteiger charge is 2.22. The topological polar surface area (TPSA) is 55.9 Å². The first-order valence-electron chi connectivity index (χ1n) is 10.0. The van der Waals surface area contributed by atoms with Gasteiger partial charge in [-0.15, -0.1) is 0 Å². The Morgan fingerprint density at radius 1 is 1.00 bits per heavy atom. The molecule has 3 amide bonds. The third-order valence-corrected chi connectivity index (χ3v) is 5.73. The lowest BCUT2D eigenvalue weighted by atomic mass is 10.2. The van der Waals surface area contributed by atoms with Gasteiger partial charge in [-0.2, -0.15) is 0 Å². The van der Waals surface area contributed by atoms with Crippen LogP contribution in [-0.2, 0) is 11.3 Å². The van der Waals surface area contributed by atoms with Gasteiger partial charge in [0.1, 0.15) is 0 Å². The van der Waals surface area contributed by atoms with E-state index in [1.807, 2.05) is 58.3 Å². The first-order valence-corrected chi connectivity index (χ1v) is 10.4. The number of likely N-dealkylation sites (tertiary alicyclic amines) is 1. The largest absolute Gasteiger partial charge is 0.368 e. The lowest BCUT2D eigenvalue weighted by molar-refractivity contribution is -0.128. The number of halogens is 1. The van der Waals surface area contributed by atoms with Crippen LogP contribution in [0.2, 0.25) is 5.02 Å². The molecule has 7 heteroatoms. The molecule has 6 nitrogen and oxygen atoms in total. The smallest absolute Gasteiger partial charge is 0.321 e. The molecular formula is C22H25ClN4O2. The summed E-state index contributed by atoms with van der Waals surface area (Å²) in [4.78, 5) is 30.3. The second-order valence-corrected chi connectivity index (χ2v) is 7.94. The molecule has 4 rings (SSSR count). The van der Waals surface area contributed by atoms with Gasteiger partial charge in [0, 0.05) is 62.1 Å². The summed E-state index contributed by atoms with van der Waals surface area (Å²) in [6.45, 7) is 4.34. The van der Waals surface area contributed by atoms with E-state index in [1.54, 1.807) is 0 Å². The van der Waals surface area contributed by atoms with E-state index in [9.17, 15) is 9.59 Å². The second-order valence-electron chi connectivity index (χ2n) is 7.50. The lowest BCUT2D eigenvalue weighted by Gasteiger charge is -2.36. The van der Waals surface area contributed by atoms with Gasteiger partial charge in [-0.3, -0.25) is 4.79 Å². The molecule has 2 aliphatic rings. The summed E-state index contributed by atoms with van der Waals surface area (Å²) < 4.78 is 0. The minimum atomic E-state index is -0.0850. The van der Waals surface area contributed by atoms with E-state index in [4.69, 9.17) is 11.6 Å². The normalized spacial score (nSPS) is 17.0.